The van der Waals surface area contributed by atoms with Gasteiger partial charge in [-0.05, 0) is 38.2 Å². The average Bonchev–Trinajstić information content (AvgIpc) is 2.93. The highest BCUT2D eigenvalue weighted by Gasteiger charge is 2.33. The second kappa shape index (κ2) is 9.66. The van der Waals surface area contributed by atoms with Gasteiger partial charge in [-0.25, -0.2) is 0 Å². The van der Waals surface area contributed by atoms with Crippen LogP contribution >= 0.6 is 24.8 Å². The van der Waals surface area contributed by atoms with Gasteiger partial charge in [0.15, 0.2) is 0 Å². The lowest BCUT2D eigenvalue weighted by Crippen LogP contribution is -2.56. The maximum atomic E-state index is 12.2. The van der Waals surface area contributed by atoms with Crippen LogP contribution in [0, 0.1) is 11.8 Å². The van der Waals surface area contributed by atoms with Crippen LogP contribution in [0.1, 0.15) is 50.2 Å². The third-order valence-corrected chi connectivity index (χ3v) is 4.52. The van der Waals surface area contributed by atoms with Crippen molar-refractivity contribution in [3.8, 4) is 0 Å². The van der Waals surface area contributed by atoms with Crippen LogP contribution < -0.4 is 11.1 Å². The summed E-state index contributed by atoms with van der Waals surface area (Å²) in [6.45, 7) is 12.1. The molecular formula is C17H31Cl2N3O2. The van der Waals surface area contributed by atoms with E-state index < -0.39 is 0 Å². The maximum absolute atomic E-state index is 12.2. The van der Waals surface area contributed by atoms with Crippen LogP contribution in [-0.2, 0) is 6.54 Å². The van der Waals surface area contributed by atoms with Crippen LogP contribution in [0.2, 0.25) is 0 Å². The van der Waals surface area contributed by atoms with Crippen LogP contribution in [0.4, 0.5) is 0 Å². The topological polar surface area (TPSA) is 71.5 Å². The summed E-state index contributed by atoms with van der Waals surface area (Å²) in [7, 11) is 0. The molecule has 1 saturated heterocycles. The Hall–Kier alpha value is -0.750. The Morgan fingerprint density at radius 1 is 1.33 bits per heavy atom. The number of hydrogen-bond acceptors (Lipinski definition) is 4. The van der Waals surface area contributed by atoms with Gasteiger partial charge in [0, 0.05) is 25.2 Å². The van der Waals surface area contributed by atoms with Gasteiger partial charge < -0.3 is 15.5 Å². The number of piperidine rings is 1. The summed E-state index contributed by atoms with van der Waals surface area (Å²) in [5, 5.41) is 3.02. The van der Waals surface area contributed by atoms with E-state index in [-0.39, 0.29) is 36.3 Å². The fourth-order valence-electron chi connectivity index (χ4n) is 3.27. The van der Waals surface area contributed by atoms with Gasteiger partial charge in [0.05, 0.1) is 12.1 Å². The predicted molar refractivity (Wildman–Crippen MR) is 102 cm³/mol. The molecule has 0 saturated carbocycles. The van der Waals surface area contributed by atoms with Crippen molar-refractivity contribution < 1.29 is 9.21 Å². The molecule has 1 aliphatic heterocycles. The SMILES string of the molecule is CC1CC(C)CN(C(C)(C)CNC(=O)c2coc(CN)c2)C1.Cl.Cl. The smallest absolute Gasteiger partial charge is 0.254 e. The van der Waals surface area contributed by atoms with Gasteiger partial charge in [0.25, 0.3) is 5.91 Å². The van der Waals surface area contributed by atoms with E-state index in [4.69, 9.17) is 10.2 Å². The number of carbonyl (C=O) groups is 1. The second-order valence-electron chi connectivity index (χ2n) is 7.35. The summed E-state index contributed by atoms with van der Waals surface area (Å²) in [6, 6.07) is 1.70. The van der Waals surface area contributed by atoms with Crippen molar-refractivity contribution in [3.05, 3.63) is 23.7 Å². The van der Waals surface area contributed by atoms with E-state index in [2.05, 4.69) is 37.9 Å². The number of halogens is 2. The van der Waals surface area contributed by atoms with Gasteiger partial charge in [-0.2, -0.15) is 0 Å². The fourth-order valence-corrected chi connectivity index (χ4v) is 3.27. The molecule has 2 heterocycles. The molecule has 2 unspecified atom stereocenters. The maximum Gasteiger partial charge on any atom is 0.254 e. The van der Waals surface area contributed by atoms with Crippen molar-refractivity contribution in [2.75, 3.05) is 19.6 Å². The number of nitrogens with two attached hydrogens (primary N) is 1. The number of nitrogens with zero attached hydrogens (tertiary/aromatic N) is 1. The minimum absolute atomic E-state index is 0. The Bertz CT molecular complexity index is 510. The first-order valence-electron chi connectivity index (χ1n) is 8.12. The van der Waals surface area contributed by atoms with Crippen molar-refractivity contribution in [3.63, 3.8) is 0 Å². The largest absolute Gasteiger partial charge is 0.467 e. The number of likely N-dealkylation sites (tertiary alicyclic amines) is 1. The summed E-state index contributed by atoms with van der Waals surface area (Å²) in [4.78, 5) is 14.7. The highest BCUT2D eigenvalue weighted by atomic mass is 35.5. The molecule has 1 aromatic heterocycles. The Morgan fingerprint density at radius 2 is 1.92 bits per heavy atom. The van der Waals surface area contributed by atoms with E-state index in [1.165, 1.54) is 12.7 Å². The van der Waals surface area contributed by atoms with E-state index in [1.807, 2.05) is 0 Å². The van der Waals surface area contributed by atoms with E-state index in [1.54, 1.807) is 6.07 Å². The third kappa shape index (κ3) is 5.96. The van der Waals surface area contributed by atoms with Crippen LogP contribution in [0.3, 0.4) is 0 Å². The molecule has 24 heavy (non-hydrogen) atoms. The van der Waals surface area contributed by atoms with Gasteiger partial charge in [-0.3, -0.25) is 9.69 Å². The van der Waals surface area contributed by atoms with Crippen LogP contribution in [0.5, 0.6) is 0 Å². The standard InChI is InChI=1S/C17H29N3O2.2ClH/c1-12-5-13(2)9-20(8-12)17(3,4)11-19-16(21)14-6-15(7-18)22-10-14;;/h6,10,12-13H,5,7-9,11,18H2,1-4H3,(H,19,21);2*1H. The summed E-state index contributed by atoms with van der Waals surface area (Å²) < 4.78 is 5.22. The Morgan fingerprint density at radius 3 is 2.42 bits per heavy atom. The average molecular weight is 380 g/mol. The zero-order valence-electron chi connectivity index (χ0n) is 15.0. The number of amides is 1. The zero-order valence-corrected chi connectivity index (χ0v) is 16.6. The van der Waals surface area contributed by atoms with Crippen molar-refractivity contribution >= 4 is 30.7 Å². The van der Waals surface area contributed by atoms with Crippen LogP contribution in [0.15, 0.2) is 16.7 Å². The number of furan rings is 1. The molecular weight excluding hydrogens is 349 g/mol. The minimum atomic E-state index is -0.102. The Kier molecular flexibility index (Phi) is 9.36. The summed E-state index contributed by atoms with van der Waals surface area (Å²) in [5.41, 5.74) is 5.98. The molecule has 0 spiro atoms. The van der Waals surface area contributed by atoms with Crippen molar-refractivity contribution in [1.29, 1.82) is 0 Å². The number of carbonyl (C=O) groups excluding carboxylic acids is 1. The lowest BCUT2D eigenvalue weighted by Gasteiger charge is -2.45. The van der Waals surface area contributed by atoms with Gasteiger partial charge in [0.2, 0.25) is 0 Å². The van der Waals surface area contributed by atoms with Crippen molar-refractivity contribution in [1.82, 2.24) is 10.2 Å². The molecule has 2 atom stereocenters. The third-order valence-electron chi connectivity index (χ3n) is 4.52. The first-order chi connectivity index (χ1) is 10.3. The molecule has 7 heteroatoms. The number of rotatable bonds is 5. The molecule has 2 rings (SSSR count). The Labute approximate surface area is 157 Å². The number of nitrogens with one attached hydrogen (secondary N) is 1. The summed E-state index contributed by atoms with van der Waals surface area (Å²) in [5.74, 6) is 1.94. The Balaban J connectivity index is 0.00000264. The zero-order chi connectivity index (χ0) is 16.3. The predicted octanol–water partition coefficient (Wildman–Crippen LogP) is 3.07. The molecule has 0 bridgehead atoms. The summed E-state index contributed by atoms with van der Waals surface area (Å²) >= 11 is 0. The first kappa shape index (κ1) is 23.2. The molecule has 1 fully saturated rings. The normalized spacial score (nSPS) is 21.5. The van der Waals surface area contributed by atoms with Gasteiger partial charge in [-0.15, -0.1) is 24.8 Å². The molecule has 0 aliphatic carbocycles. The molecule has 140 valence electrons. The fraction of sp³-hybridized carbons (Fsp3) is 0.706. The lowest BCUT2D eigenvalue weighted by atomic mass is 9.88. The lowest BCUT2D eigenvalue weighted by molar-refractivity contribution is 0.0445. The molecule has 1 amide bonds. The van der Waals surface area contributed by atoms with Crippen molar-refractivity contribution in [2.24, 2.45) is 17.6 Å². The van der Waals surface area contributed by atoms with Crippen LogP contribution in [-0.4, -0.2) is 36.0 Å². The highest BCUT2D eigenvalue weighted by Crippen LogP contribution is 2.26. The van der Waals surface area contributed by atoms with Crippen molar-refractivity contribution in [2.45, 2.75) is 46.2 Å². The molecule has 3 N–H and O–H groups in total. The molecule has 0 aromatic carbocycles. The molecule has 0 radical (unpaired) electrons. The second-order valence-corrected chi connectivity index (χ2v) is 7.35. The molecule has 1 aliphatic rings. The quantitative estimate of drug-likeness (QED) is 0.824. The monoisotopic (exact) mass is 379 g/mol. The van der Waals surface area contributed by atoms with Crippen LogP contribution in [0.25, 0.3) is 0 Å². The molecule has 5 nitrogen and oxygen atoms in total. The summed E-state index contributed by atoms with van der Waals surface area (Å²) in [6.07, 6.45) is 2.76. The van der Waals surface area contributed by atoms with Gasteiger partial charge in [-0.1, -0.05) is 13.8 Å². The van der Waals surface area contributed by atoms with E-state index in [0.29, 0.717) is 36.2 Å². The first-order valence-corrected chi connectivity index (χ1v) is 8.12. The minimum Gasteiger partial charge on any atom is -0.467 e. The van der Waals surface area contributed by atoms with E-state index in [9.17, 15) is 4.79 Å². The van der Waals surface area contributed by atoms with E-state index in [0.717, 1.165) is 13.1 Å². The highest BCUT2D eigenvalue weighted by molar-refractivity contribution is 5.94. The molecule has 1 aromatic rings. The number of hydrogen-bond donors (Lipinski definition) is 2. The van der Waals surface area contributed by atoms with Gasteiger partial charge >= 0.3 is 0 Å². The van der Waals surface area contributed by atoms with E-state index >= 15 is 0 Å². The van der Waals surface area contributed by atoms with Gasteiger partial charge in [0.1, 0.15) is 12.0 Å².